The number of unbranched alkanes of at least 4 members (excludes halogenated alkanes) is 12. The quantitative estimate of drug-likeness (QED) is 0.0482. The zero-order chi connectivity index (χ0) is 28.6. The second-order valence-electron chi connectivity index (χ2n) is 9.77. The Kier molecular flexibility index (Phi) is 21.7. The molecule has 0 aromatic heterocycles. The monoisotopic (exact) mass is 543 g/mol. The molecule has 220 valence electrons. The van der Waals surface area contributed by atoms with Crippen LogP contribution in [0.5, 0.6) is 0 Å². The smallest absolute Gasteiger partial charge is 0.322 e. The van der Waals surface area contributed by atoms with Crippen molar-refractivity contribution in [3.05, 3.63) is 0 Å². The van der Waals surface area contributed by atoms with E-state index in [-0.39, 0.29) is 25.2 Å². The van der Waals surface area contributed by atoms with Crippen LogP contribution < -0.4 is 27.6 Å². The molecule has 0 rings (SSSR count). The minimum Gasteiger partial charge on any atom is -0.481 e. The van der Waals surface area contributed by atoms with Crippen molar-refractivity contribution in [1.29, 1.82) is 0 Å². The molecule has 0 aliphatic carbocycles. The van der Waals surface area contributed by atoms with Crippen LogP contribution in [0.4, 0.5) is 0 Å². The summed E-state index contributed by atoms with van der Waals surface area (Å²) in [5.74, 6) is 1.91. The summed E-state index contributed by atoms with van der Waals surface area (Å²) in [6, 6.07) is -1.91. The molecule has 2 atom stereocenters. The van der Waals surface area contributed by atoms with Crippen LogP contribution in [-0.2, 0) is 24.0 Å². The number of hydrogen-bond donors (Lipinski definition) is 7. The van der Waals surface area contributed by atoms with Crippen LogP contribution >= 0.6 is 0 Å². The van der Waals surface area contributed by atoms with Gasteiger partial charge in [-0.05, 0) is 32.1 Å². The van der Waals surface area contributed by atoms with Gasteiger partial charge in [0.25, 0.3) is 0 Å². The number of hydrazine groups is 1. The number of nitrogens with two attached hydrogens (primary N) is 2. The van der Waals surface area contributed by atoms with E-state index in [0.29, 0.717) is 32.2 Å². The Morgan fingerprint density at radius 3 is 1.58 bits per heavy atom. The Hall–Kier alpha value is -2.73. The van der Waals surface area contributed by atoms with Crippen molar-refractivity contribution in [2.45, 2.75) is 128 Å². The summed E-state index contributed by atoms with van der Waals surface area (Å²) < 4.78 is 0. The number of carbonyl (C=O) groups is 5. The number of carbonyl (C=O) groups excluding carboxylic acids is 3. The number of aliphatic carboxylic acids is 2. The molecule has 0 unspecified atom stereocenters. The van der Waals surface area contributed by atoms with E-state index >= 15 is 0 Å². The minimum absolute atomic E-state index is 0.245. The molecule has 0 saturated heterocycles. The summed E-state index contributed by atoms with van der Waals surface area (Å²) in [6.45, 7) is 0.309. The zero-order valence-corrected chi connectivity index (χ0v) is 22.7. The van der Waals surface area contributed by atoms with Crippen LogP contribution in [0.15, 0.2) is 0 Å². The lowest BCUT2D eigenvalue weighted by molar-refractivity contribution is -0.140. The third kappa shape index (κ3) is 21.4. The van der Waals surface area contributed by atoms with E-state index in [2.05, 4.69) is 16.1 Å². The maximum Gasteiger partial charge on any atom is 0.322 e. The summed E-state index contributed by atoms with van der Waals surface area (Å²) in [7, 11) is 0. The van der Waals surface area contributed by atoms with Gasteiger partial charge in [0.15, 0.2) is 0 Å². The predicted octanol–water partition coefficient (Wildman–Crippen LogP) is 2.10. The van der Waals surface area contributed by atoms with E-state index in [4.69, 9.17) is 21.8 Å². The third-order valence-electron chi connectivity index (χ3n) is 6.35. The van der Waals surface area contributed by atoms with Crippen molar-refractivity contribution in [2.75, 3.05) is 6.54 Å². The predicted molar refractivity (Wildman–Crippen MR) is 144 cm³/mol. The number of carboxylic acid groups (broad SMARTS) is 2. The van der Waals surface area contributed by atoms with E-state index in [1.807, 2.05) is 0 Å². The second-order valence-corrected chi connectivity index (χ2v) is 9.77. The summed E-state index contributed by atoms with van der Waals surface area (Å²) >= 11 is 0. The van der Waals surface area contributed by atoms with Gasteiger partial charge in [0.1, 0.15) is 12.1 Å². The second kappa shape index (κ2) is 23.4. The summed E-state index contributed by atoms with van der Waals surface area (Å²) in [4.78, 5) is 57.3. The van der Waals surface area contributed by atoms with Crippen LogP contribution in [0.2, 0.25) is 0 Å². The first-order valence-corrected chi connectivity index (χ1v) is 13.9. The largest absolute Gasteiger partial charge is 0.481 e. The van der Waals surface area contributed by atoms with Gasteiger partial charge in [-0.15, -0.1) is 0 Å². The van der Waals surface area contributed by atoms with E-state index < -0.39 is 35.8 Å². The highest BCUT2D eigenvalue weighted by Crippen LogP contribution is 2.13. The molecule has 0 aromatic rings. The Balaban J connectivity index is 3.80. The maximum atomic E-state index is 12.2. The average Bonchev–Trinajstić information content (AvgIpc) is 2.85. The van der Waals surface area contributed by atoms with Gasteiger partial charge in [-0.2, -0.15) is 0 Å². The molecule has 38 heavy (non-hydrogen) atoms. The Bertz CT molecular complexity index is 705. The number of nitrogens with one attached hydrogen (secondary N) is 3. The Morgan fingerprint density at radius 1 is 0.632 bits per heavy atom. The van der Waals surface area contributed by atoms with Crippen LogP contribution in [0.1, 0.15) is 116 Å². The minimum atomic E-state index is -1.07. The zero-order valence-electron chi connectivity index (χ0n) is 22.7. The number of hydrogen-bond acceptors (Lipinski definition) is 7. The molecule has 0 heterocycles. The summed E-state index contributed by atoms with van der Waals surface area (Å²) in [5, 5.41) is 22.7. The average molecular weight is 544 g/mol. The Morgan fingerprint density at radius 2 is 1.13 bits per heavy atom. The first-order chi connectivity index (χ1) is 18.2. The van der Waals surface area contributed by atoms with Gasteiger partial charge in [0.2, 0.25) is 17.7 Å². The normalized spacial score (nSPS) is 12.4. The van der Waals surface area contributed by atoms with E-state index in [1.54, 1.807) is 0 Å². The fourth-order valence-electron chi connectivity index (χ4n) is 4.06. The van der Waals surface area contributed by atoms with E-state index in [1.165, 1.54) is 19.3 Å². The van der Waals surface area contributed by atoms with Crippen LogP contribution in [0, 0.1) is 0 Å². The first kappa shape index (κ1) is 35.3. The molecule has 0 bridgehead atoms. The fourth-order valence-corrected chi connectivity index (χ4v) is 4.06. The lowest BCUT2D eigenvalue weighted by atomic mass is 10.0. The lowest BCUT2D eigenvalue weighted by Crippen LogP contribution is -2.47. The SMILES string of the molecule is NN[C@@H](CCCCNC(=O)C[C@H](NC(=O)CCCCCCCCCCCCCCC(=O)O)C(N)=O)C(=O)O. The maximum absolute atomic E-state index is 12.2. The molecule has 12 heteroatoms. The highest BCUT2D eigenvalue weighted by Gasteiger charge is 2.21. The third-order valence-corrected chi connectivity index (χ3v) is 6.35. The van der Waals surface area contributed by atoms with Gasteiger partial charge in [0.05, 0.1) is 6.42 Å². The van der Waals surface area contributed by atoms with Gasteiger partial charge >= 0.3 is 11.9 Å². The molecule has 0 saturated carbocycles. The molecular formula is C26H49N5O7. The van der Waals surface area contributed by atoms with Crippen molar-refractivity contribution in [3.8, 4) is 0 Å². The van der Waals surface area contributed by atoms with Gasteiger partial charge < -0.3 is 26.6 Å². The van der Waals surface area contributed by atoms with E-state index in [0.717, 1.165) is 51.4 Å². The number of carboxylic acids is 2. The van der Waals surface area contributed by atoms with Gasteiger partial charge in [-0.3, -0.25) is 29.8 Å². The number of rotatable bonds is 26. The molecule has 3 amide bonds. The molecular weight excluding hydrogens is 494 g/mol. The first-order valence-electron chi connectivity index (χ1n) is 13.9. The van der Waals surface area contributed by atoms with Crippen LogP contribution in [-0.4, -0.2) is 58.5 Å². The molecule has 12 nitrogen and oxygen atoms in total. The fraction of sp³-hybridized carbons (Fsp3) is 0.808. The van der Waals surface area contributed by atoms with Gasteiger partial charge in [-0.1, -0.05) is 64.2 Å². The van der Waals surface area contributed by atoms with Gasteiger partial charge in [0, 0.05) is 19.4 Å². The van der Waals surface area contributed by atoms with Crippen molar-refractivity contribution in [3.63, 3.8) is 0 Å². The topological polar surface area (TPSA) is 214 Å². The van der Waals surface area contributed by atoms with Crippen molar-refractivity contribution in [2.24, 2.45) is 11.6 Å². The molecule has 0 fully saturated rings. The molecule has 0 aromatic carbocycles. The molecule has 9 N–H and O–H groups in total. The standard InChI is InChI=1S/C26H49N5O7/c27-25(36)21(19-23(33)29-18-14-13-15-20(31-28)26(37)38)30-22(32)16-11-9-7-5-3-1-2-4-6-8-10-12-17-24(34)35/h20-21,31H,1-19,28H2,(H2,27,36)(H,29,33)(H,30,32)(H,34,35)(H,37,38)/t20-,21-/m0/s1. The molecule has 0 aliphatic rings. The summed E-state index contributed by atoms with van der Waals surface area (Å²) in [6.07, 6.45) is 14.2. The molecule has 0 spiro atoms. The molecule has 0 aliphatic heterocycles. The Labute approximate surface area is 226 Å². The molecule has 0 radical (unpaired) electrons. The number of amides is 3. The van der Waals surface area contributed by atoms with Crippen molar-refractivity contribution in [1.82, 2.24) is 16.1 Å². The summed E-state index contributed by atoms with van der Waals surface area (Å²) in [5.41, 5.74) is 7.55. The van der Waals surface area contributed by atoms with Crippen molar-refractivity contribution >= 4 is 29.7 Å². The number of primary amides is 1. The lowest BCUT2D eigenvalue weighted by Gasteiger charge is -2.15. The van der Waals surface area contributed by atoms with E-state index in [9.17, 15) is 24.0 Å². The van der Waals surface area contributed by atoms with Crippen LogP contribution in [0.3, 0.4) is 0 Å². The van der Waals surface area contributed by atoms with Crippen LogP contribution in [0.25, 0.3) is 0 Å². The highest BCUT2D eigenvalue weighted by atomic mass is 16.4. The highest BCUT2D eigenvalue weighted by molar-refractivity contribution is 5.91. The van der Waals surface area contributed by atoms with Crippen molar-refractivity contribution < 1.29 is 34.2 Å². The van der Waals surface area contributed by atoms with Gasteiger partial charge in [-0.25, -0.2) is 5.43 Å².